The average molecular weight is 886 g/mol. The Balaban J connectivity index is 0. The summed E-state index contributed by atoms with van der Waals surface area (Å²) in [4.78, 5) is 41.9. The number of rotatable bonds is 31. The molecule has 10 nitrogen and oxygen atoms in total. The fourth-order valence-corrected chi connectivity index (χ4v) is 8.69. The summed E-state index contributed by atoms with van der Waals surface area (Å²) >= 11 is 0. The molecule has 0 spiro atoms. The van der Waals surface area contributed by atoms with Gasteiger partial charge in [0.05, 0.1) is 12.8 Å². The maximum atomic E-state index is 11.5. The van der Waals surface area contributed by atoms with Crippen molar-refractivity contribution in [3.63, 3.8) is 0 Å². The predicted molar refractivity (Wildman–Crippen MR) is 250 cm³/mol. The van der Waals surface area contributed by atoms with Crippen molar-refractivity contribution in [3.05, 3.63) is 22.3 Å². The van der Waals surface area contributed by atoms with Crippen LogP contribution in [0.4, 0.5) is 0 Å². The molecular formula is C47H86NNa2O9P. The normalized spacial score (nSPS) is 15.8. The number of carboxylic acids is 2. The molecule has 1 heterocycles. The first-order valence-corrected chi connectivity index (χ1v) is 24.5. The number of unbranched alkanes of at least 4 members (excludes halogenated alkanes) is 9. The number of nitrogens with zero attached hydrogens (tertiary/aromatic N) is 1. The van der Waals surface area contributed by atoms with Gasteiger partial charge in [-0.3, -0.25) is 19.4 Å². The van der Waals surface area contributed by atoms with Crippen LogP contribution in [0.15, 0.2) is 0 Å². The van der Waals surface area contributed by atoms with E-state index in [1.54, 1.807) is 0 Å². The van der Waals surface area contributed by atoms with Crippen LogP contribution < -0.4 is 9.26 Å². The van der Waals surface area contributed by atoms with Gasteiger partial charge in [-0.2, -0.15) is 0 Å². The largest absolute Gasteiger partial charge is 0.524 e. The number of hydrogen-bond acceptors (Lipinski definition) is 6. The maximum absolute atomic E-state index is 11.5. The van der Waals surface area contributed by atoms with Gasteiger partial charge in [0.25, 0.3) is 0 Å². The zero-order valence-electron chi connectivity index (χ0n) is 40.3. The molecule has 4 N–H and O–H groups in total. The molecule has 0 saturated carbocycles. The fraction of sp³-hybridized carbons (Fsp3) is 0.830. The monoisotopic (exact) mass is 886 g/mol. The third-order valence-electron chi connectivity index (χ3n) is 12.2. The van der Waals surface area contributed by atoms with Crippen LogP contribution in [-0.2, 0) is 20.6 Å². The summed E-state index contributed by atoms with van der Waals surface area (Å²) in [6, 6.07) is 0. The summed E-state index contributed by atoms with van der Waals surface area (Å²) in [5, 5.41) is 17.5. The van der Waals surface area contributed by atoms with E-state index in [9.17, 15) is 23.9 Å². The van der Waals surface area contributed by atoms with Gasteiger partial charge in [-0.05, 0) is 101 Å². The second-order valence-corrected chi connectivity index (χ2v) is 19.5. The first kappa shape index (κ1) is 62.0. The van der Waals surface area contributed by atoms with E-state index in [4.69, 9.17) is 19.5 Å². The molecule has 340 valence electrons. The van der Waals surface area contributed by atoms with Gasteiger partial charge in [-0.1, -0.05) is 137 Å². The molecule has 3 unspecified atom stereocenters. The molecule has 13 heteroatoms. The standard InChI is InChI=1S/C29H51O5P.C18H35NO4.2Na/c1-20(2)12-9-13-21(3)14-10-15-22(4)16-11-18-29(8)19-17-26-25(7)27(34-35(30,31)32)23(5)24(6)28(26)33-29;1-2-3-4-5-6-7-8-9-10-11-14-19(15-12-17(20)21)16-13-18(22)23;;/h20-22H,9-19H2,1-8H3,(H2,30,31,32);2-16H2,1H3,(H,20,21)(H,22,23);;. The number of ether oxygens (including phenoxy) is 1. The van der Waals surface area contributed by atoms with Crippen molar-refractivity contribution in [2.24, 2.45) is 17.8 Å². The Kier molecular flexibility index (Phi) is 35.4. The van der Waals surface area contributed by atoms with Gasteiger partial charge < -0.3 is 24.4 Å². The molecule has 0 amide bonds. The van der Waals surface area contributed by atoms with Gasteiger partial charge in [0.2, 0.25) is 0 Å². The third-order valence-corrected chi connectivity index (χ3v) is 12.6. The van der Waals surface area contributed by atoms with Crippen LogP contribution in [0.3, 0.4) is 0 Å². The summed E-state index contributed by atoms with van der Waals surface area (Å²) in [5.74, 6) is 1.94. The molecule has 60 heavy (non-hydrogen) atoms. The Morgan fingerprint density at radius 2 is 1.17 bits per heavy atom. The SMILES string of the molecule is CCCCCCCCCCCCN(CCC(=O)O)CCC(=O)O.Cc1c(C)c2c(c(C)c1OP(=O)(O)O)CCC(C)(CCCC(C)CCCC(C)CCCC(C)C)O2.[Na].[Na]. The molecule has 0 aromatic heterocycles. The Hall–Kier alpha value is -0.130. The Morgan fingerprint density at radius 1 is 0.700 bits per heavy atom. The number of carboxylic acid groups (broad SMARTS) is 2. The van der Waals surface area contributed by atoms with Gasteiger partial charge in [0.15, 0.2) is 0 Å². The van der Waals surface area contributed by atoms with Crippen molar-refractivity contribution in [2.75, 3.05) is 19.6 Å². The minimum absolute atomic E-state index is 0. The van der Waals surface area contributed by atoms with E-state index >= 15 is 0 Å². The van der Waals surface area contributed by atoms with Crippen LogP contribution in [0.2, 0.25) is 0 Å². The van der Waals surface area contributed by atoms with Gasteiger partial charge in [-0.15, -0.1) is 0 Å². The molecule has 0 bridgehead atoms. The molecule has 1 aromatic rings. The molecule has 1 aliphatic rings. The number of hydrogen-bond donors (Lipinski definition) is 4. The summed E-state index contributed by atoms with van der Waals surface area (Å²) in [6.45, 7) is 21.2. The van der Waals surface area contributed by atoms with Gasteiger partial charge >= 0.3 is 19.8 Å². The molecule has 2 radical (unpaired) electrons. The van der Waals surface area contributed by atoms with E-state index in [0.717, 1.165) is 90.8 Å². The zero-order valence-corrected chi connectivity index (χ0v) is 45.2. The molecule has 2 rings (SSSR count). The van der Waals surface area contributed by atoms with Crippen molar-refractivity contribution in [1.82, 2.24) is 4.90 Å². The van der Waals surface area contributed by atoms with E-state index in [1.807, 2.05) is 25.7 Å². The third kappa shape index (κ3) is 28.6. The molecule has 0 fully saturated rings. The van der Waals surface area contributed by atoms with E-state index in [2.05, 4.69) is 41.5 Å². The summed E-state index contributed by atoms with van der Waals surface area (Å²) < 4.78 is 23.1. The Labute approximate surface area is 410 Å². The topological polar surface area (TPSA) is 154 Å². The van der Waals surface area contributed by atoms with Crippen LogP contribution in [0, 0.1) is 38.5 Å². The second-order valence-electron chi connectivity index (χ2n) is 18.3. The quantitative estimate of drug-likeness (QED) is 0.0322. The Morgan fingerprint density at radius 3 is 1.63 bits per heavy atom. The minimum Gasteiger partial charge on any atom is -0.487 e. The Bertz CT molecular complexity index is 1360. The van der Waals surface area contributed by atoms with E-state index in [-0.39, 0.29) is 77.6 Å². The predicted octanol–water partition coefficient (Wildman–Crippen LogP) is 12.0. The van der Waals surface area contributed by atoms with Crippen molar-refractivity contribution in [1.29, 1.82) is 0 Å². The number of carbonyl (C=O) groups is 2. The first-order chi connectivity index (χ1) is 27.3. The molecule has 3 atom stereocenters. The van der Waals surface area contributed by atoms with Crippen molar-refractivity contribution >= 4 is 78.9 Å². The molecular weight excluding hydrogens is 799 g/mol. The van der Waals surface area contributed by atoms with Gasteiger partial charge in [0, 0.05) is 77.8 Å². The van der Waals surface area contributed by atoms with E-state index in [1.165, 1.54) is 96.3 Å². The number of benzene rings is 1. The van der Waals surface area contributed by atoms with Gasteiger partial charge in [0.1, 0.15) is 17.1 Å². The minimum atomic E-state index is -4.61. The van der Waals surface area contributed by atoms with Gasteiger partial charge in [-0.25, -0.2) is 4.57 Å². The smallest absolute Gasteiger partial charge is 0.487 e. The first-order valence-electron chi connectivity index (χ1n) is 23.0. The van der Waals surface area contributed by atoms with E-state index < -0.39 is 19.8 Å². The summed E-state index contributed by atoms with van der Waals surface area (Å²) in [7, 11) is -4.61. The molecule has 0 aliphatic carbocycles. The summed E-state index contributed by atoms with van der Waals surface area (Å²) in [6.07, 6.45) is 26.1. The fourth-order valence-electron chi connectivity index (χ4n) is 8.18. The van der Waals surface area contributed by atoms with Crippen LogP contribution >= 0.6 is 7.82 Å². The van der Waals surface area contributed by atoms with Crippen LogP contribution in [0.1, 0.15) is 205 Å². The maximum Gasteiger partial charge on any atom is 0.524 e. The number of phosphoric ester groups is 1. The van der Waals surface area contributed by atoms with Crippen LogP contribution in [-0.4, -0.2) is 121 Å². The molecule has 1 aromatic carbocycles. The second kappa shape index (κ2) is 34.3. The zero-order chi connectivity index (χ0) is 43.7. The summed E-state index contributed by atoms with van der Waals surface area (Å²) in [5.41, 5.74) is 3.24. The molecule has 0 saturated heterocycles. The van der Waals surface area contributed by atoms with Crippen molar-refractivity contribution in [2.45, 2.75) is 216 Å². The van der Waals surface area contributed by atoms with E-state index in [0.29, 0.717) is 18.8 Å². The van der Waals surface area contributed by atoms with Crippen molar-refractivity contribution in [3.8, 4) is 11.5 Å². The van der Waals surface area contributed by atoms with Crippen LogP contribution in [0.5, 0.6) is 11.5 Å². The van der Waals surface area contributed by atoms with Crippen molar-refractivity contribution < 1.29 is 43.4 Å². The molecule has 1 aliphatic heterocycles. The number of fused-ring (bicyclic) bond motifs is 1. The average Bonchev–Trinajstić information content (AvgIpc) is 3.13. The van der Waals surface area contributed by atoms with Crippen LogP contribution in [0.25, 0.3) is 0 Å². The number of phosphoric acid groups is 1. The number of aliphatic carboxylic acids is 2.